The number of hydrogen-bond acceptors (Lipinski definition) is 3. The summed E-state index contributed by atoms with van der Waals surface area (Å²) in [6.45, 7) is 3.58. The average Bonchev–Trinajstić information content (AvgIpc) is 2.17. The third kappa shape index (κ3) is 2.14. The van der Waals surface area contributed by atoms with Crippen molar-refractivity contribution in [1.29, 1.82) is 0 Å². The number of nitrogens with two attached hydrogens (primary N) is 3. The molecule has 6 N–H and O–H groups in total. The van der Waals surface area contributed by atoms with Crippen LogP contribution in [-0.4, -0.2) is 12.2 Å². The number of aliphatic imine (C=N–C) groups is 1. The monoisotopic (exact) mass is 204 g/mol. The zero-order valence-corrected chi connectivity index (χ0v) is 8.10. The van der Waals surface area contributed by atoms with Crippen LogP contribution >= 0.6 is 0 Å². The Balaban J connectivity index is 3.48. The highest BCUT2D eigenvalue weighted by Gasteiger charge is 2.11. The zero-order valence-electron chi connectivity index (χ0n) is 8.10. The number of carbonyl (C=O) groups is 1. The first-order valence-electron chi connectivity index (χ1n) is 4.19. The van der Waals surface area contributed by atoms with E-state index >= 15 is 0 Å². The second-order valence-electron chi connectivity index (χ2n) is 2.87. The largest absolute Gasteiger partial charge is 0.399 e. The molecule has 0 unspecified atom stereocenters. The maximum atomic E-state index is 11.1. The molecule has 15 heavy (non-hydrogen) atoms. The molecule has 0 heterocycles. The van der Waals surface area contributed by atoms with Gasteiger partial charge >= 0.3 is 0 Å². The molecule has 0 atom stereocenters. The third-order valence-electron chi connectivity index (χ3n) is 1.85. The van der Waals surface area contributed by atoms with E-state index in [-0.39, 0.29) is 5.56 Å². The molecule has 1 aromatic carbocycles. The highest BCUT2D eigenvalue weighted by Crippen LogP contribution is 2.26. The van der Waals surface area contributed by atoms with Gasteiger partial charge in [0.15, 0.2) is 0 Å². The van der Waals surface area contributed by atoms with Crippen molar-refractivity contribution >= 4 is 23.6 Å². The fourth-order valence-corrected chi connectivity index (χ4v) is 1.22. The van der Waals surface area contributed by atoms with E-state index in [1.807, 2.05) is 0 Å². The number of para-hydroxylation sites is 1. The molecule has 0 fully saturated rings. The molecule has 0 bridgehead atoms. The minimum atomic E-state index is -0.585. The van der Waals surface area contributed by atoms with Gasteiger partial charge in [0.1, 0.15) is 0 Å². The predicted molar refractivity (Wildman–Crippen MR) is 60.5 cm³/mol. The highest BCUT2D eigenvalue weighted by molar-refractivity contribution is 6.00. The van der Waals surface area contributed by atoms with Crippen LogP contribution in [0.1, 0.15) is 15.9 Å². The maximum absolute atomic E-state index is 11.1. The number of rotatable bonds is 3. The predicted octanol–water partition coefficient (Wildman–Crippen LogP) is 0.333. The summed E-state index contributed by atoms with van der Waals surface area (Å²) in [5.41, 5.74) is 17.4. The van der Waals surface area contributed by atoms with E-state index in [1.165, 1.54) is 0 Å². The van der Waals surface area contributed by atoms with Crippen molar-refractivity contribution in [3.63, 3.8) is 0 Å². The van der Waals surface area contributed by atoms with Gasteiger partial charge in [-0.15, -0.1) is 0 Å². The summed E-state index contributed by atoms with van der Waals surface area (Å²) in [4.78, 5) is 15.0. The van der Waals surface area contributed by atoms with Gasteiger partial charge in [-0.1, -0.05) is 18.7 Å². The number of benzene rings is 1. The third-order valence-corrected chi connectivity index (χ3v) is 1.85. The Bertz CT molecular complexity index is 405. The molecule has 5 nitrogen and oxygen atoms in total. The lowest BCUT2D eigenvalue weighted by Gasteiger charge is -2.07. The molecule has 0 aliphatic heterocycles. The number of amides is 1. The standard InChI is InChI=1S/C10H12N4O/c1-6(12)7-3-2-4-8(10(13)15)9(7)14-5-11/h2-5H,1,12H2,(H2,11,14)(H2,13,15). The Morgan fingerprint density at radius 2 is 1.93 bits per heavy atom. The van der Waals surface area contributed by atoms with Crippen LogP contribution in [0.15, 0.2) is 29.8 Å². The molecule has 0 aliphatic rings. The molecule has 0 aromatic heterocycles. The van der Waals surface area contributed by atoms with E-state index in [2.05, 4.69) is 11.6 Å². The van der Waals surface area contributed by atoms with Gasteiger partial charge in [0.25, 0.3) is 5.91 Å². The first-order chi connectivity index (χ1) is 7.07. The zero-order chi connectivity index (χ0) is 11.4. The molecule has 1 rings (SSSR count). The summed E-state index contributed by atoms with van der Waals surface area (Å²) < 4.78 is 0. The van der Waals surface area contributed by atoms with E-state index in [0.29, 0.717) is 16.9 Å². The lowest BCUT2D eigenvalue weighted by Crippen LogP contribution is -2.12. The summed E-state index contributed by atoms with van der Waals surface area (Å²) in [5.74, 6) is -0.585. The first kappa shape index (κ1) is 10.8. The van der Waals surface area contributed by atoms with Gasteiger partial charge in [0.05, 0.1) is 17.6 Å². The molecule has 0 radical (unpaired) electrons. The van der Waals surface area contributed by atoms with Crippen molar-refractivity contribution in [1.82, 2.24) is 0 Å². The second-order valence-corrected chi connectivity index (χ2v) is 2.87. The van der Waals surface area contributed by atoms with Crippen molar-refractivity contribution in [3.05, 3.63) is 35.9 Å². The lowest BCUT2D eigenvalue weighted by molar-refractivity contribution is 0.100. The van der Waals surface area contributed by atoms with Crippen molar-refractivity contribution in [3.8, 4) is 0 Å². The van der Waals surface area contributed by atoms with Gasteiger partial charge in [0, 0.05) is 11.3 Å². The Hall–Kier alpha value is -2.30. The van der Waals surface area contributed by atoms with Gasteiger partial charge in [-0.05, 0) is 6.07 Å². The molecule has 0 saturated heterocycles. The van der Waals surface area contributed by atoms with Gasteiger partial charge < -0.3 is 17.2 Å². The second kappa shape index (κ2) is 4.28. The molecule has 0 aliphatic carbocycles. The van der Waals surface area contributed by atoms with Crippen molar-refractivity contribution in [2.75, 3.05) is 0 Å². The molecule has 5 heteroatoms. The molecule has 1 amide bonds. The van der Waals surface area contributed by atoms with Crippen LogP contribution in [0.25, 0.3) is 5.70 Å². The van der Waals surface area contributed by atoms with Gasteiger partial charge in [-0.25, -0.2) is 4.99 Å². The average molecular weight is 204 g/mol. The maximum Gasteiger partial charge on any atom is 0.250 e. The Kier molecular flexibility index (Phi) is 3.07. The van der Waals surface area contributed by atoms with Gasteiger partial charge in [0.2, 0.25) is 0 Å². The number of hydrogen-bond donors (Lipinski definition) is 3. The van der Waals surface area contributed by atoms with Crippen LogP contribution in [0.3, 0.4) is 0 Å². The van der Waals surface area contributed by atoms with E-state index in [1.54, 1.807) is 18.2 Å². The Morgan fingerprint density at radius 1 is 1.33 bits per heavy atom. The normalized spacial score (nSPS) is 10.4. The molecule has 78 valence electrons. The van der Waals surface area contributed by atoms with Crippen LogP contribution < -0.4 is 17.2 Å². The van der Waals surface area contributed by atoms with Crippen molar-refractivity contribution in [2.24, 2.45) is 22.2 Å². The summed E-state index contributed by atoms with van der Waals surface area (Å²) in [5, 5.41) is 0. The van der Waals surface area contributed by atoms with Crippen molar-refractivity contribution < 1.29 is 4.79 Å². The van der Waals surface area contributed by atoms with Crippen LogP contribution in [0.2, 0.25) is 0 Å². The van der Waals surface area contributed by atoms with Crippen LogP contribution in [-0.2, 0) is 0 Å². The molecule has 0 saturated carbocycles. The number of carbonyl (C=O) groups excluding carboxylic acids is 1. The van der Waals surface area contributed by atoms with E-state index in [4.69, 9.17) is 17.2 Å². The summed E-state index contributed by atoms with van der Waals surface area (Å²) in [7, 11) is 0. The van der Waals surface area contributed by atoms with Gasteiger partial charge in [-0.3, -0.25) is 4.79 Å². The SMILES string of the molecule is C=C(N)c1cccc(C(N)=O)c1/N=C\N. The van der Waals surface area contributed by atoms with Crippen molar-refractivity contribution in [2.45, 2.75) is 0 Å². The quantitative estimate of drug-likeness (QED) is 0.487. The van der Waals surface area contributed by atoms with E-state index in [9.17, 15) is 4.79 Å². The highest BCUT2D eigenvalue weighted by atomic mass is 16.1. The fraction of sp³-hybridized carbons (Fsp3) is 0. The van der Waals surface area contributed by atoms with E-state index < -0.39 is 5.91 Å². The van der Waals surface area contributed by atoms with Crippen LogP contribution in [0, 0.1) is 0 Å². The summed E-state index contributed by atoms with van der Waals surface area (Å²) >= 11 is 0. The number of primary amides is 1. The molecular formula is C10H12N4O. The number of nitrogens with zero attached hydrogens (tertiary/aromatic N) is 1. The van der Waals surface area contributed by atoms with Crippen LogP contribution in [0.5, 0.6) is 0 Å². The minimum absolute atomic E-state index is 0.265. The molecule has 1 aromatic rings. The molecule has 0 spiro atoms. The Labute approximate surface area is 87.3 Å². The summed E-state index contributed by atoms with van der Waals surface area (Å²) in [6.07, 6.45) is 1.08. The van der Waals surface area contributed by atoms with Crippen LogP contribution in [0.4, 0.5) is 5.69 Å². The molecular weight excluding hydrogens is 192 g/mol. The smallest absolute Gasteiger partial charge is 0.250 e. The van der Waals surface area contributed by atoms with E-state index in [0.717, 1.165) is 6.34 Å². The Morgan fingerprint density at radius 3 is 2.40 bits per heavy atom. The van der Waals surface area contributed by atoms with Gasteiger partial charge in [-0.2, -0.15) is 0 Å². The fourth-order valence-electron chi connectivity index (χ4n) is 1.22. The lowest BCUT2D eigenvalue weighted by atomic mass is 10.1. The topological polar surface area (TPSA) is 107 Å². The first-order valence-corrected chi connectivity index (χ1v) is 4.19. The summed E-state index contributed by atoms with van der Waals surface area (Å²) in [6, 6.07) is 4.90. The minimum Gasteiger partial charge on any atom is -0.399 e.